The number of thiazole rings is 1. The number of nitrogens with one attached hydrogen (secondary N) is 2. The molecule has 0 saturated heterocycles. The fourth-order valence-corrected chi connectivity index (χ4v) is 4.50. The van der Waals surface area contributed by atoms with Gasteiger partial charge in [-0.15, -0.1) is 11.3 Å². The Kier molecular flexibility index (Phi) is 7.70. The highest BCUT2D eigenvalue weighted by molar-refractivity contribution is 7.15. The molecule has 11 heteroatoms. The van der Waals surface area contributed by atoms with Gasteiger partial charge < -0.3 is 10.1 Å². The van der Waals surface area contributed by atoms with Crippen LogP contribution in [-0.4, -0.2) is 35.3 Å². The van der Waals surface area contributed by atoms with Gasteiger partial charge in [0.15, 0.2) is 5.13 Å². The molecule has 2 N–H and O–H groups in total. The van der Waals surface area contributed by atoms with Crippen molar-refractivity contribution in [1.29, 1.82) is 0 Å². The minimum Gasteiger partial charge on any atom is -0.462 e. The van der Waals surface area contributed by atoms with Crippen LogP contribution in [0.2, 0.25) is 0 Å². The second-order valence-corrected chi connectivity index (χ2v) is 9.72. The van der Waals surface area contributed by atoms with E-state index < -0.39 is 17.8 Å². The normalized spacial score (nSPS) is 13.2. The monoisotopic (exact) mass is 538 g/mol. The number of benzene rings is 2. The molecule has 1 aromatic heterocycles. The number of imide groups is 1. The molecule has 0 bridgehead atoms. The number of hydrogen-bond acceptors (Lipinski definition) is 8. The summed E-state index contributed by atoms with van der Waals surface area (Å²) >= 11 is 7.62. The van der Waals surface area contributed by atoms with Gasteiger partial charge in [0.1, 0.15) is 10.7 Å². The van der Waals surface area contributed by atoms with Gasteiger partial charge in [-0.1, -0.05) is 30.7 Å². The summed E-state index contributed by atoms with van der Waals surface area (Å²) in [6.07, 6.45) is 0.663. The van der Waals surface area contributed by atoms with Crippen molar-refractivity contribution in [2.75, 3.05) is 22.1 Å². The number of anilines is 3. The summed E-state index contributed by atoms with van der Waals surface area (Å²) < 4.78 is 5.13. The molecule has 0 unspecified atom stereocenters. The van der Waals surface area contributed by atoms with E-state index in [0.29, 0.717) is 22.8 Å². The van der Waals surface area contributed by atoms with Crippen molar-refractivity contribution in [2.45, 2.75) is 27.2 Å². The van der Waals surface area contributed by atoms with Gasteiger partial charge in [-0.05, 0) is 56.7 Å². The SMILES string of the molecule is CCCOC(=O)c1cccc(N2C(=O)C(Cl)=C(Nc3cccc(C(=O)Nc4nc(C)c(C)s4)c3)C2=O)c1. The molecule has 37 heavy (non-hydrogen) atoms. The molecule has 9 nitrogen and oxygen atoms in total. The summed E-state index contributed by atoms with van der Waals surface area (Å²) in [6, 6.07) is 12.4. The average molecular weight is 539 g/mol. The topological polar surface area (TPSA) is 118 Å². The van der Waals surface area contributed by atoms with E-state index in [1.165, 1.54) is 35.6 Å². The molecule has 0 radical (unpaired) electrons. The number of rotatable bonds is 8. The number of esters is 1. The average Bonchev–Trinajstić information content (AvgIpc) is 3.31. The number of ether oxygens (including phenoxy) is 1. The van der Waals surface area contributed by atoms with Crippen LogP contribution < -0.4 is 15.5 Å². The minimum absolute atomic E-state index is 0.144. The number of aromatic nitrogens is 1. The zero-order valence-corrected chi connectivity index (χ0v) is 21.8. The van der Waals surface area contributed by atoms with Crippen molar-refractivity contribution in [3.63, 3.8) is 0 Å². The molecule has 2 aromatic carbocycles. The summed E-state index contributed by atoms with van der Waals surface area (Å²) in [5, 5.41) is 5.79. The van der Waals surface area contributed by atoms with Gasteiger partial charge in [0.2, 0.25) is 0 Å². The van der Waals surface area contributed by atoms with Crippen molar-refractivity contribution in [2.24, 2.45) is 0 Å². The van der Waals surface area contributed by atoms with Crippen LogP contribution in [0.15, 0.2) is 59.3 Å². The van der Waals surface area contributed by atoms with Gasteiger partial charge in [-0.25, -0.2) is 14.7 Å². The Hall–Kier alpha value is -4.02. The van der Waals surface area contributed by atoms with Crippen LogP contribution in [0, 0.1) is 13.8 Å². The van der Waals surface area contributed by atoms with Gasteiger partial charge in [0.25, 0.3) is 17.7 Å². The first-order valence-electron chi connectivity index (χ1n) is 11.4. The number of hydrogen-bond donors (Lipinski definition) is 2. The van der Waals surface area contributed by atoms with Gasteiger partial charge in [-0.3, -0.25) is 19.7 Å². The zero-order valence-electron chi connectivity index (χ0n) is 20.3. The second kappa shape index (κ2) is 10.9. The van der Waals surface area contributed by atoms with Crippen molar-refractivity contribution in [3.8, 4) is 0 Å². The van der Waals surface area contributed by atoms with E-state index in [1.807, 2.05) is 20.8 Å². The number of amides is 3. The molecule has 190 valence electrons. The van der Waals surface area contributed by atoms with Crippen molar-refractivity contribution >= 4 is 63.1 Å². The van der Waals surface area contributed by atoms with Crippen molar-refractivity contribution in [3.05, 3.63) is 81.0 Å². The molecule has 1 aliphatic rings. The molecule has 3 aromatic rings. The Morgan fingerprint density at radius 3 is 2.49 bits per heavy atom. The van der Waals surface area contributed by atoms with E-state index in [-0.39, 0.29) is 34.5 Å². The molecule has 3 amide bonds. The number of carbonyl (C=O) groups is 4. The first kappa shape index (κ1) is 26.1. The van der Waals surface area contributed by atoms with Crippen LogP contribution in [0.4, 0.5) is 16.5 Å². The predicted octanol–water partition coefficient (Wildman–Crippen LogP) is 5.01. The third-order valence-electron chi connectivity index (χ3n) is 5.45. The van der Waals surface area contributed by atoms with E-state index in [0.717, 1.165) is 15.5 Å². The molecular weight excluding hydrogens is 516 g/mol. The highest BCUT2D eigenvalue weighted by Gasteiger charge is 2.39. The van der Waals surface area contributed by atoms with E-state index >= 15 is 0 Å². The van der Waals surface area contributed by atoms with Crippen molar-refractivity contribution < 1.29 is 23.9 Å². The minimum atomic E-state index is -0.739. The highest BCUT2D eigenvalue weighted by Crippen LogP contribution is 2.31. The van der Waals surface area contributed by atoms with E-state index in [2.05, 4.69) is 15.6 Å². The first-order chi connectivity index (χ1) is 17.7. The summed E-state index contributed by atoms with van der Waals surface area (Å²) in [5.41, 5.74) is 1.78. The second-order valence-electron chi connectivity index (χ2n) is 8.14. The lowest BCUT2D eigenvalue weighted by molar-refractivity contribution is -0.120. The standard InChI is InChI=1S/C26H23ClN4O5S/c1-4-11-36-25(35)17-8-6-10-19(13-17)31-23(33)20(27)21(24(31)34)29-18-9-5-7-16(12-18)22(32)30-26-28-14(2)15(3)37-26/h5-10,12-13,29H,4,11H2,1-3H3,(H,28,30,32). The summed E-state index contributed by atoms with van der Waals surface area (Å²) in [6.45, 7) is 5.91. The van der Waals surface area contributed by atoms with Crippen molar-refractivity contribution in [1.82, 2.24) is 4.98 Å². The summed E-state index contributed by atoms with van der Waals surface area (Å²) in [7, 11) is 0. The molecule has 4 rings (SSSR count). The van der Waals surface area contributed by atoms with Crippen LogP contribution in [0.5, 0.6) is 0 Å². The maximum atomic E-state index is 13.2. The maximum Gasteiger partial charge on any atom is 0.338 e. The van der Waals surface area contributed by atoms with Crippen LogP contribution >= 0.6 is 22.9 Å². The number of carbonyl (C=O) groups excluding carboxylic acids is 4. The zero-order chi connectivity index (χ0) is 26.7. The Bertz CT molecular complexity index is 1430. The molecule has 0 spiro atoms. The quantitative estimate of drug-likeness (QED) is 0.305. The molecule has 0 fully saturated rings. The van der Waals surface area contributed by atoms with Gasteiger partial charge in [0.05, 0.1) is 23.6 Å². The molecule has 2 heterocycles. The smallest absolute Gasteiger partial charge is 0.338 e. The fourth-order valence-electron chi connectivity index (χ4n) is 3.47. The third kappa shape index (κ3) is 5.55. The largest absolute Gasteiger partial charge is 0.462 e. The lowest BCUT2D eigenvalue weighted by atomic mass is 10.2. The number of halogens is 1. The first-order valence-corrected chi connectivity index (χ1v) is 12.6. The van der Waals surface area contributed by atoms with Crippen LogP contribution in [0.3, 0.4) is 0 Å². The van der Waals surface area contributed by atoms with Gasteiger partial charge in [-0.2, -0.15) is 0 Å². The Labute approximate surface area is 222 Å². The Morgan fingerprint density at radius 1 is 1.05 bits per heavy atom. The Morgan fingerprint density at radius 2 is 1.78 bits per heavy atom. The van der Waals surface area contributed by atoms with E-state index in [1.54, 1.807) is 24.3 Å². The molecule has 0 saturated carbocycles. The molecular formula is C26H23ClN4O5S. The lowest BCUT2D eigenvalue weighted by Gasteiger charge is -2.16. The van der Waals surface area contributed by atoms with Gasteiger partial charge in [0, 0.05) is 16.1 Å². The molecule has 1 aliphatic heterocycles. The predicted molar refractivity (Wildman–Crippen MR) is 142 cm³/mol. The van der Waals surface area contributed by atoms with Crippen LogP contribution in [0.1, 0.15) is 44.6 Å². The van der Waals surface area contributed by atoms with E-state index in [4.69, 9.17) is 16.3 Å². The molecule has 0 aliphatic carbocycles. The van der Waals surface area contributed by atoms with Gasteiger partial charge >= 0.3 is 5.97 Å². The highest BCUT2D eigenvalue weighted by atomic mass is 35.5. The Balaban J connectivity index is 1.52. The number of aryl methyl sites for hydroxylation is 2. The summed E-state index contributed by atoms with van der Waals surface area (Å²) in [4.78, 5) is 57.2. The van der Waals surface area contributed by atoms with Crippen LogP contribution in [0.25, 0.3) is 0 Å². The maximum absolute atomic E-state index is 13.2. The molecule has 0 atom stereocenters. The van der Waals surface area contributed by atoms with Crippen LogP contribution in [-0.2, 0) is 14.3 Å². The number of nitrogens with zero attached hydrogens (tertiary/aromatic N) is 2. The fraction of sp³-hybridized carbons (Fsp3) is 0.192. The lowest BCUT2D eigenvalue weighted by Crippen LogP contribution is -2.32. The summed E-state index contributed by atoms with van der Waals surface area (Å²) in [5.74, 6) is -2.37. The third-order valence-corrected chi connectivity index (χ3v) is 6.79. The van der Waals surface area contributed by atoms with E-state index in [9.17, 15) is 19.2 Å².